The highest BCUT2D eigenvalue weighted by molar-refractivity contribution is 4.66. The third-order valence-corrected chi connectivity index (χ3v) is 5.44. The van der Waals surface area contributed by atoms with E-state index in [2.05, 4.69) is 32.2 Å². The van der Waals surface area contributed by atoms with Crippen LogP contribution in [0.5, 0.6) is 0 Å². The lowest BCUT2D eigenvalue weighted by Crippen LogP contribution is -2.24. The van der Waals surface area contributed by atoms with Gasteiger partial charge in [-0.3, -0.25) is 0 Å². The highest BCUT2D eigenvalue weighted by Gasteiger charge is 2.11. The monoisotopic (exact) mass is 425 g/mol. The molecule has 0 aliphatic rings. The van der Waals surface area contributed by atoms with E-state index in [0.29, 0.717) is 6.61 Å². The Balaban J connectivity index is 3.88. The van der Waals surface area contributed by atoms with E-state index in [9.17, 15) is 5.11 Å². The molecule has 0 aromatic carbocycles. The van der Waals surface area contributed by atoms with Gasteiger partial charge in [0.15, 0.2) is 6.29 Å². The molecular formula is C26H51NO3. The molecule has 0 spiro atoms. The first kappa shape index (κ1) is 29.3. The quantitative estimate of drug-likeness (QED) is 0.109. The molecule has 0 amide bonds. The van der Waals surface area contributed by atoms with Crippen LogP contribution in [0.15, 0.2) is 25.3 Å². The molecular weight excluding hydrogens is 374 g/mol. The van der Waals surface area contributed by atoms with Crippen molar-refractivity contribution in [2.45, 2.75) is 109 Å². The number of aliphatic hydroxyl groups is 1. The van der Waals surface area contributed by atoms with Crippen molar-refractivity contribution in [2.75, 3.05) is 33.9 Å². The van der Waals surface area contributed by atoms with E-state index in [1.54, 1.807) is 0 Å². The van der Waals surface area contributed by atoms with Gasteiger partial charge in [0.1, 0.15) is 0 Å². The third kappa shape index (κ3) is 22.0. The molecule has 2 unspecified atom stereocenters. The number of allylic oxidation sites excluding steroid dienone is 2. The van der Waals surface area contributed by atoms with Crippen LogP contribution in [0.4, 0.5) is 0 Å². The van der Waals surface area contributed by atoms with Gasteiger partial charge < -0.3 is 19.5 Å². The fourth-order valence-electron chi connectivity index (χ4n) is 3.46. The first-order valence-electron chi connectivity index (χ1n) is 12.4. The number of hydrogen-bond acceptors (Lipinski definition) is 4. The lowest BCUT2D eigenvalue weighted by atomic mass is 10.1. The molecule has 0 aliphatic carbocycles. The molecule has 0 radical (unpaired) electrons. The number of rotatable bonds is 24. The molecule has 2 atom stereocenters. The summed E-state index contributed by atoms with van der Waals surface area (Å²) in [5.74, 6) is 0. The zero-order valence-corrected chi connectivity index (χ0v) is 20.2. The Labute approximate surface area is 187 Å². The van der Waals surface area contributed by atoms with E-state index in [-0.39, 0.29) is 6.10 Å². The number of aliphatic hydroxyl groups excluding tert-OH is 1. The zero-order chi connectivity index (χ0) is 22.3. The summed E-state index contributed by atoms with van der Waals surface area (Å²) in [5.41, 5.74) is 0. The number of hydrogen-bond donors (Lipinski definition) is 1. The van der Waals surface area contributed by atoms with Crippen molar-refractivity contribution in [3.05, 3.63) is 25.3 Å². The minimum Gasteiger partial charge on any atom is -0.377 e. The van der Waals surface area contributed by atoms with E-state index in [1.165, 1.54) is 57.8 Å². The average molecular weight is 426 g/mol. The van der Waals surface area contributed by atoms with Crippen molar-refractivity contribution >= 4 is 0 Å². The summed E-state index contributed by atoms with van der Waals surface area (Å²) in [5, 5.41) is 10.1. The van der Waals surface area contributed by atoms with Crippen LogP contribution < -0.4 is 0 Å². The predicted octanol–water partition coefficient (Wildman–Crippen LogP) is 6.49. The van der Waals surface area contributed by atoms with Gasteiger partial charge in [0.2, 0.25) is 0 Å². The van der Waals surface area contributed by atoms with Crippen LogP contribution in [-0.4, -0.2) is 56.3 Å². The van der Waals surface area contributed by atoms with Crippen LogP contribution in [0, 0.1) is 0 Å². The Bertz CT molecular complexity index is 373. The molecule has 0 aromatic rings. The fraction of sp³-hybridized carbons (Fsp3) is 0.846. The van der Waals surface area contributed by atoms with Crippen LogP contribution in [0.2, 0.25) is 0 Å². The van der Waals surface area contributed by atoms with Gasteiger partial charge in [-0.15, -0.1) is 13.2 Å². The Morgan fingerprint density at radius 3 is 1.80 bits per heavy atom. The molecule has 1 N–H and O–H groups in total. The van der Waals surface area contributed by atoms with Gasteiger partial charge >= 0.3 is 0 Å². The SMILES string of the molecule is C=CCCCCCCCC(O)OCCC(CCCCCCCC=C)OCCN(C)C. The Morgan fingerprint density at radius 2 is 1.23 bits per heavy atom. The molecule has 0 rings (SSSR count). The second-order valence-electron chi connectivity index (χ2n) is 8.68. The maximum Gasteiger partial charge on any atom is 0.154 e. The summed E-state index contributed by atoms with van der Waals surface area (Å²) in [6, 6.07) is 0. The highest BCUT2D eigenvalue weighted by atomic mass is 16.6. The van der Waals surface area contributed by atoms with Gasteiger partial charge in [-0.1, -0.05) is 57.1 Å². The van der Waals surface area contributed by atoms with Gasteiger partial charge in [-0.2, -0.15) is 0 Å². The molecule has 0 aromatic heterocycles. The van der Waals surface area contributed by atoms with Crippen LogP contribution in [0.3, 0.4) is 0 Å². The third-order valence-electron chi connectivity index (χ3n) is 5.44. The van der Waals surface area contributed by atoms with Crippen molar-refractivity contribution in [1.29, 1.82) is 0 Å². The number of likely N-dealkylation sites (N-methyl/N-ethyl adjacent to an activating group) is 1. The summed E-state index contributed by atoms with van der Waals surface area (Å²) in [6.45, 7) is 9.80. The summed E-state index contributed by atoms with van der Waals surface area (Å²) >= 11 is 0. The number of ether oxygens (including phenoxy) is 2. The van der Waals surface area contributed by atoms with Gasteiger partial charge in [0, 0.05) is 6.54 Å². The van der Waals surface area contributed by atoms with Crippen LogP contribution in [-0.2, 0) is 9.47 Å². The molecule has 0 fully saturated rings. The Kier molecular flexibility index (Phi) is 22.5. The molecule has 0 aliphatic heterocycles. The molecule has 4 heteroatoms. The molecule has 0 bridgehead atoms. The minimum absolute atomic E-state index is 0.232. The minimum atomic E-state index is -0.634. The molecule has 0 saturated heterocycles. The topological polar surface area (TPSA) is 41.9 Å². The largest absolute Gasteiger partial charge is 0.377 e. The van der Waals surface area contributed by atoms with E-state index in [0.717, 1.165) is 51.7 Å². The smallest absolute Gasteiger partial charge is 0.154 e. The average Bonchev–Trinajstić information content (AvgIpc) is 2.71. The van der Waals surface area contributed by atoms with Crippen LogP contribution in [0.1, 0.15) is 96.3 Å². The molecule has 4 nitrogen and oxygen atoms in total. The number of nitrogens with zero attached hydrogens (tertiary/aromatic N) is 1. The Morgan fingerprint density at radius 1 is 0.700 bits per heavy atom. The van der Waals surface area contributed by atoms with E-state index < -0.39 is 6.29 Å². The first-order chi connectivity index (χ1) is 14.6. The van der Waals surface area contributed by atoms with Crippen LogP contribution >= 0.6 is 0 Å². The summed E-state index contributed by atoms with van der Waals surface area (Å²) in [6.07, 6.45) is 20.7. The second kappa shape index (κ2) is 23.0. The van der Waals surface area contributed by atoms with Crippen molar-refractivity contribution in [3.63, 3.8) is 0 Å². The second-order valence-corrected chi connectivity index (χ2v) is 8.68. The zero-order valence-electron chi connectivity index (χ0n) is 20.2. The van der Waals surface area contributed by atoms with Crippen molar-refractivity contribution in [3.8, 4) is 0 Å². The van der Waals surface area contributed by atoms with E-state index in [4.69, 9.17) is 9.47 Å². The maximum absolute atomic E-state index is 10.1. The number of unbranched alkanes of at least 4 members (excludes halogenated alkanes) is 10. The predicted molar refractivity (Wildman–Crippen MR) is 130 cm³/mol. The van der Waals surface area contributed by atoms with Gasteiger partial charge in [-0.05, 0) is 65.5 Å². The summed E-state index contributed by atoms with van der Waals surface area (Å²) in [4.78, 5) is 2.15. The van der Waals surface area contributed by atoms with Crippen molar-refractivity contribution in [2.24, 2.45) is 0 Å². The summed E-state index contributed by atoms with van der Waals surface area (Å²) in [7, 11) is 4.14. The molecule has 178 valence electrons. The Hall–Kier alpha value is -0.680. The standard InChI is InChI=1S/C26H51NO3/c1-5-7-9-11-13-15-17-19-25(29-24-22-27(3)4)21-23-30-26(28)20-18-16-14-12-10-8-6-2/h5-6,25-26,28H,1-2,7-24H2,3-4H3. The molecule has 0 saturated carbocycles. The van der Waals surface area contributed by atoms with Gasteiger partial charge in [0.25, 0.3) is 0 Å². The summed E-state index contributed by atoms with van der Waals surface area (Å²) < 4.78 is 11.8. The van der Waals surface area contributed by atoms with Gasteiger partial charge in [0.05, 0.1) is 19.3 Å². The molecule has 0 heterocycles. The lowest BCUT2D eigenvalue weighted by Gasteiger charge is -2.20. The fourth-order valence-corrected chi connectivity index (χ4v) is 3.46. The lowest BCUT2D eigenvalue weighted by molar-refractivity contribution is -0.113. The van der Waals surface area contributed by atoms with Crippen molar-refractivity contribution in [1.82, 2.24) is 4.90 Å². The van der Waals surface area contributed by atoms with Gasteiger partial charge in [-0.25, -0.2) is 0 Å². The van der Waals surface area contributed by atoms with Crippen LogP contribution in [0.25, 0.3) is 0 Å². The first-order valence-corrected chi connectivity index (χ1v) is 12.4. The van der Waals surface area contributed by atoms with E-state index in [1.807, 2.05) is 12.2 Å². The van der Waals surface area contributed by atoms with Crippen molar-refractivity contribution < 1.29 is 14.6 Å². The normalized spacial score (nSPS) is 13.5. The highest BCUT2D eigenvalue weighted by Crippen LogP contribution is 2.14. The molecule has 30 heavy (non-hydrogen) atoms. The maximum atomic E-state index is 10.1. The van der Waals surface area contributed by atoms with E-state index >= 15 is 0 Å².